The summed E-state index contributed by atoms with van der Waals surface area (Å²) in [6.07, 6.45) is 2.36. The summed E-state index contributed by atoms with van der Waals surface area (Å²) in [5.74, 6) is 0.918. The first-order valence-corrected chi connectivity index (χ1v) is 5.65. The van der Waals surface area contributed by atoms with Gasteiger partial charge in [0, 0.05) is 6.04 Å². The molecule has 1 unspecified atom stereocenters. The SMILES string of the molecule is COc1cccc(CC2CCN2)c1Br. The lowest BCUT2D eigenvalue weighted by Gasteiger charge is -2.28. The number of rotatable bonds is 3. The number of nitrogens with one attached hydrogen (secondary N) is 1. The molecule has 0 bridgehead atoms. The Morgan fingerprint density at radius 2 is 2.36 bits per heavy atom. The molecule has 1 heterocycles. The summed E-state index contributed by atoms with van der Waals surface area (Å²) in [6, 6.07) is 6.81. The van der Waals surface area contributed by atoms with E-state index in [1.54, 1.807) is 7.11 Å². The van der Waals surface area contributed by atoms with Crippen LogP contribution in [0.4, 0.5) is 0 Å². The van der Waals surface area contributed by atoms with E-state index in [0.717, 1.165) is 23.2 Å². The molecule has 1 fully saturated rings. The molecule has 0 saturated carbocycles. The highest BCUT2D eigenvalue weighted by Gasteiger charge is 2.18. The summed E-state index contributed by atoms with van der Waals surface area (Å²) in [5.41, 5.74) is 1.32. The summed E-state index contributed by atoms with van der Waals surface area (Å²) in [7, 11) is 1.70. The van der Waals surface area contributed by atoms with Crippen LogP contribution in [0.15, 0.2) is 22.7 Å². The molecule has 1 aliphatic rings. The second-order valence-corrected chi connectivity index (χ2v) is 4.37. The summed E-state index contributed by atoms with van der Waals surface area (Å²) in [6.45, 7) is 1.16. The Morgan fingerprint density at radius 3 is 2.93 bits per heavy atom. The molecule has 1 aromatic carbocycles. The first-order valence-electron chi connectivity index (χ1n) is 4.86. The van der Waals surface area contributed by atoms with E-state index in [1.165, 1.54) is 12.0 Å². The van der Waals surface area contributed by atoms with Crippen LogP contribution in [-0.4, -0.2) is 19.7 Å². The fraction of sp³-hybridized carbons (Fsp3) is 0.455. The monoisotopic (exact) mass is 255 g/mol. The highest BCUT2D eigenvalue weighted by Crippen LogP contribution is 2.29. The minimum atomic E-state index is 0.651. The molecule has 2 rings (SSSR count). The number of hydrogen-bond donors (Lipinski definition) is 1. The number of methoxy groups -OCH3 is 1. The Morgan fingerprint density at radius 1 is 1.57 bits per heavy atom. The average molecular weight is 256 g/mol. The van der Waals surface area contributed by atoms with Crippen molar-refractivity contribution in [1.29, 1.82) is 0 Å². The van der Waals surface area contributed by atoms with Crippen LogP contribution in [0, 0.1) is 0 Å². The van der Waals surface area contributed by atoms with Crippen molar-refractivity contribution in [2.75, 3.05) is 13.7 Å². The molecule has 14 heavy (non-hydrogen) atoms. The zero-order valence-electron chi connectivity index (χ0n) is 8.22. The van der Waals surface area contributed by atoms with E-state index in [2.05, 4.69) is 27.3 Å². The smallest absolute Gasteiger partial charge is 0.133 e. The molecule has 0 aliphatic carbocycles. The number of hydrogen-bond acceptors (Lipinski definition) is 2. The molecule has 3 heteroatoms. The van der Waals surface area contributed by atoms with Crippen LogP contribution < -0.4 is 10.1 Å². The molecular formula is C11H14BrNO. The van der Waals surface area contributed by atoms with Gasteiger partial charge in [-0.1, -0.05) is 12.1 Å². The Labute approximate surface area is 92.8 Å². The first kappa shape index (κ1) is 9.99. The van der Waals surface area contributed by atoms with Gasteiger partial charge in [0.2, 0.25) is 0 Å². The van der Waals surface area contributed by atoms with Gasteiger partial charge in [0.25, 0.3) is 0 Å². The maximum atomic E-state index is 5.25. The molecule has 1 atom stereocenters. The quantitative estimate of drug-likeness (QED) is 0.896. The zero-order valence-corrected chi connectivity index (χ0v) is 9.80. The van der Waals surface area contributed by atoms with Crippen LogP contribution in [-0.2, 0) is 6.42 Å². The molecular weight excluding hydrogens is 242 g/mol. The van der Waals surface area contributed by atoms with E-state index >= 15 is 0 Å². The molecule has 0 radical (unpaired) electrons. The number of halogens is 1. The van der Waals surface area contributed by atoms with Gasteiger partial charge < -0.3 is 10.1 Å². The molecule has 1 aromatic rings. The topological polar surface area (TPSA) is 21.3 Å². The highest BCUT2D eigenvalue weighted by molar-refractivity contribution is 9.10. The summed E-state index contributed by atoms with van der Waals surface area (Å²) < 4.78 is 6.35. The van der Waals surface area contributed by atoms with Crippen LogP contribution in [0.5, 0.6) is 5.75 Å². The van der Waals surface area contributed by atoms with E-state index in [1.807, 2.05) is 12.1 Å². The fourth-order valence-corrected chi connectivity index (χ4v) is 2.25. The minimum Gasteiger partial charge on any atom is -0.496 e. The van der Waals surface area contributed by atoms with Crippen LogP contribution >= 0.6 is 15.9 Å². The Kier molecular flexibility index (Phi) is 3.08. The highest BCUT2D eigenvalue weighted by atomic mass is 79.9. The molecule has 1 N–H and O–H groups in total. The van der Waals surface area contributed by atoms with Crippen LogP contribution in [0.3, 0.4) is 0 Å². The molecule has 1 aliphatic heterocycles. The van der Waals surface area contributed by atoms with Crippen LogP contribution in [0.1, 0.15) is 12.0 Å². The predicted molar refractivity (Wildman–Crippen MR) is 60.8 cm³/mol. The minimum absolute atomic E-state index is 0.651. The third kappa shape index (κ3) is 1.93. The molecule has 0 spiro atoms. The van der Waals surface area contributed by atoms with Gasteiger partial charge in [-0.3, -0.25) is 0 Å². The molecule has 76 valence electrons. The second-order valence-electron chi connectivity index (χ2n) is 3.58. The average Bonchev–Trinajstić information content (AvgIpc) is 2.13. The van der Waals surface area contributed by atoms with E-state index < -0.39 is 0 Å². The lowest BCUT2D eigenvalue weighted by Crippen LogP contribution is -2.44. The predicted octanol–water partition coefficient (Wildman–Crippen LogP) is 2.36. The van der Waals surface area contributed by atoms with Crippen molar-refractivity contribution in [3.8, 4) is 5.75 Å². The van der Waals surface area contributed by atoms with E-state index in [4.69, 9.17) is 4.74 Å². The molecule has 0 aromatic heterocycles. The number of benzene rings is 1. The lowest BCUT2D eigenvalue weighted by atomic mass is 9.98. The van der Waals surface area contributed by atoms with Gasteiger partial charge in [-0.15, -0.1) is 0 Å². The van der Waals surface area contributed by atoms with Crippen molar-refractivity contribution in [3.63, 3.8) is 0 Å². The first-order chi connectivity index (χ1) is 6.81. The van der Waals surface area contributed by atoms with Gasteiger partial charge in [0.1, 0.15) is 5.75 Å². The Hall–Kier alpha value is -0.540. The van der Waals surface area contributed by atoms with E-state index in [9.17, 15) is 0 Å². The van der Waals surface area contributed by atoms with E-state index in [-0.39, 0.29) is 0 Å². The lowest BCUT2D eigenvalue weighted by molar-refractivity contribution is 0.367. The Balaban J connectivity index is 2.15. The maximum Gasteiger partial charge on any atom is 0.133 e. The zero-order chi connectivity index (χ0) is 9.97. The second kappa shape index (κ2) is 4.32. The van der Waals surface area contributed by atoms with Gasteiger partial charge in [0.05, 0.1) is 11.6 Å². The van der Waals surface area contributed by atoms with Crippen LogP contribution in [0.25, 0.3) is 0 Å². The maximum absolute atomic E-state index is 5.25. The Bertz CT molecular complexity index is 323. The summed E-state index contributed by atoms with van der Waals surface area (Å²) in [4.78, 5) is 0. The van der Waals surface area contributed by atoms with Gasteiger partial charge >= 0.3 is 0 Å². The van der Waals surface area contributed by atoms with Crippen molar-refractivity contribution < 1.29 is 4.74 Å². The van der Waals surface area contributed by atoms with Gasteiger partial charge in [-0.2, -0.15) is 0 Å². The summed E-state index contributed by atoms with van der Waals surface area (Å²) in [5, 5.41) is 3.40. The van der Waals surface area contributed by atoms with E-state index in [0.29, 0.717) is 6.04 Å². The summed E-state index contributed by atoms with van der Waals surface area (Å²) >= 11 is 3.57. The van der Waals surface area contributed by atoms with Gasteiger partial charge in [0.15, 0.2) is 0 Å². The standard InChI is InChI=1S/C11H14BrNO/c1-14-10-4-2-3-8(11(10)12)7-9-5-6-13-9/h2-4,9,13H,5-7H2,1H3. The van der Waals surface area contributed by atoms with Crippen molar-refractivity contribution >= 4 is 15.9 Å². The third-order valence-electron chi connectivity index (χ3n) is 2.66. The van der Waals surface area contributed by atoms with Crippen molar-refractivity contribution in [2.45, 2.75) is 18.9 Å². The largest absolute Gasteiger partial charge is 0.496 e. The van der Waals surface area contributed by atoms with Crippen molar-refractivity contribution in [1.82, 2.24) is 5.32 Å². The van der Waals surface area contributed by atoms with Crippen molar-refractivity contribution in [2.24, 2.45) is 0 Å². The normalized spacial score (nSPS) is 20.3. The molecule has 1 saturated heterocycles. The van der Waals surface area contributed by atoms with Gasteiger partial charge in [-0.05, 0) is 46.9 Å². The van der Waals surface area contributed by atoms with Gasteiger partial charge in [-0.25, -0.2) is 0 Å². The number of ether oxygens (including phenoxy) is 1. The van der Waals surface area contributed by atoms with Crippen molar-refractivity contribution in [3.05, 3.63) is 28.2 Å². The fourth-order valence-electron chi connectivity index (χ4n) is 1.66. The third-order valence-corrected chi connectivity index (χ3v) is 3.56. The molecule has 2 nitrogen and oxygen atoms in total. The molecule has 0 amide bonds. The van der Waals surface area contributed by atoms with Crippen LogP contribution in [0.2, 0.25) is 0 Å².